The maximum Gasteiger partial charge on any atom is 0.113 e. The van der Waals surface area contributed by atoms with E-state index in [9.17, 15) is 0 Å². The normalized spacial score (nSPS) is 12.7. The molecule has 0 heterocycles. The first kappa shape index (κ1) is 11.2. The van der Waals surface area contributed by atoms with Gasteiger partial charge in [-0.05, 0) is 12.0 Å². The zero-order valence-corrected chi connectivity index (χ0v) is 8.77. The molecule has 0 spiro atoms. The molecular weight excluding hydrogens is 176 g/mol. The minimum Gasteiger partial charge on any atom is -0.379 e. The lowest BCUT2D eigenvalue weighted by atomic mass is 10.2. The van der Waals surface area contributed by atoms with Crippen molar-refractivity contribution in [3.63, 3.8) is 0 Å². The summed E-state index contributed by atoms with van der Waals surface area (Å²) in [5.74, 6) is 0. The summed E-state index contributed by atoms with van der Waals surface area (Å²) in [5, 5.41) is 0. The summed E-state index contributed by atoms with van der Waals surface area (Å²) in [4.78, 5) is 0. The van der Waals surface area contributed by atoms with Gasteiger partial charge in [0.15, 0.2) is 0 Å². The maximum atomic E-state index is 5.41. The van der Waals surface area contributed by atoms with Crippen molar-refractivity contribution in [1.82, 2.24) is 0 Å². The quantitative estimate of drug-likeness (QED) is 0.691. The Labute approximate surface area is 85.8 Å². The fourth-order valence-corrected chi connectivity index (χ4v) is 1.14. The zero-order valence-electron chi connectivity index (χ0n) is 8.77. The van der Waals surface area contributed by atoms with Gasteiger partial charge in [0.1, 0.15) is 6.61 Å². The highest BCUT2D eigenvalue weighted by Crippen LogP contribution is 2.05. The van der Waals surface area contributed by atoms with Gasteiger partial charge in [-0.1, -0.05) is 37.3 Å². The second-order valence-electron chi connectivity index (χ2n) is 3.13. The Morgan fingerprint density at radius 2 is 2.00 bits per heavy atom. The zero-order chi connectivity index (χ0) is 10.2. The van der Waals surface area contributed by atoms with E-state index in [1.807, 2.05) is 30.3 Å². The van der Waals surface area contributed by atoms with Gasteiger partial charge in [-0.3, -0.25) is 0 Å². The molecule has 0 aromatic heterocycles. The van der Waals surface area contributed by atoms with Crippen LogP contribution in [-0.4, -0.2) is 19.8 Å². The second-order valence-corrected chi connectivity index (χ2v) is 3.13. The summed E-state index contributed by atoms with van der Waals surface area (Å²) in [5.41, 5.74) is 1.08. The van der Waals surface area contributed by atoms with E-state index in [4.69, 9.17) is 9.47 Å². The lowest BCUT2D eigenvalue weighted by molar-refractivity contribution is 0.0309. The molecule has 1 radical (unpaired) electrons. The fourth-order valence-electron chi connectivity index (χ4n) is 1.14. The first-order chi connectivity index (χ1) is 6.86. The standard InChI is InChI=1S/C12H17O2/c1-3-12(13-2)10-14-9-11-7-5-4-6-8-11/h4-9,12H,3,10H2,1-2H3. The third kappa shape index (κ3) is 3.90. The Morgan fingerprint density at radius 1 is 1.29 bits per heavy atom. The molecule has 2 heteroatoms. The van der Waals surface area contributed by atoms with E-state index >= 15 is 0 Å². The summed E-state index contributed by atoms with van der Waals surface area (Å²) < 4.78 is 10.6. The highest BCUT2D eigenvalue weighted by molar-refractivity contribution is 5.19. The molecule has 0 saturated heterocycles. The van der Waals surface area contributed by atoms with Gasteiger partial charge in [-0.25, -0.2) is 0 Å². The molecule has 0 amide bonds. The Hall–Kier alpha value is -0.860. The molecule has 0 bridgehead atoms. The fraction of sp³-hybridized carbons (Fsp3) is 0.417. The van der Waals surface area contributed by atoms with Crippen molar-refractivity contribution in [2.75, 3.05) is 13.7 Å². The topological polar surface area (TPSA) is 18.5 Å². The van der Waals surface area contributed by atoms with E-state index in [1.54, 1.807) is 13.7 Å². The highest BCUT2D eigenvalue weighted by atomic mass is 16.5. The smallest absolute Gasteiger partial charge is 0.113 e. The summed E-state index contributed by atoms with van der Waals surface area (Å²) in [6.07, 6.45) is 1.16. The van der Waals surface area contributed by atoms with Gasteiger partial charge >= 0.3 is 0 Å². The number of methoxy groups -OCH3 is 1. The van der Waals surface area contributed by atoms with Crippen LogP contribution >= 0.6 is 0 Å². The van der Waals surface area contributed by atoms with Crippen LogP contribution in [0.25, 0.3) is 0 Å². The maximum absolute atomic E-state index is 5.41. The van der Waals surface area contributed by atoms with Crippen molar-refractivity contribution in [3.05, 3.63) is 42.5 Å². The van der Waals surface area contributed by atoms with Crippen LogP contribution < -0.4 is 0 Å². The Kier molecular flexibility index (Phi) is 5.27. The molecule has 77 valence electrons. The number of hydrogen-bond acceptors (Lipinski definition) is 2. The molecule has 1 unspecified atom stereocenters. The van der Waals surface area contributed by atoms with Crippen molar-refractivity contribution in [2.24, 2.45) is 0 Å². The van der Waals surface area contributed by atoms with Gasteiger partial charge < -0.3 is 9.47 Å². The third-order valence-electron chi connectivity index (χ3n) is 2.09. The van der Waals surface area contributed by atoms with E-state index in [2.05, 4.69) is 6.92 Å². The van der Waals surface area contributed by atoms with Crippen molar-refractivity contribution in [2.45, 2.75) is 19.4 Å². The molecule has 1 aromatic rings. The van der Waals surface area contributed by atoms with Gasteiger partial charge in [-0.15, -0.1) is 0 Å². The first-order valence-corrected chi connectivity index (χ1v) is 4.89. The lowest BCUT2D eigenvalue weighted by Crippen LogP contribution is -2.16. The Bertz CT molecular complexity index is 229. The second kappa shape index (κ2) is 6.57. The van der Waals surface area contributed by atoms with Gasteiger partial charge in [0.2, 0.25) is 0 Å². The first-order valence-electron chi connectivity index (χ1n) is 4.89. The predicted molar refractivity (Wildman–Crippen MR) is 56.9 cm³/mol. The van der Waals surface area contributed by atoms with Crippen molar-refractivity contribution in [1.29, 1.82) is 0 Å². The molecule has 0 N–H and O–H groups in total. The number of hydrogen-bond donors (Lipinski definition) is 0. The number of ether oxygens (including phenoxy) is 2. The summed E-state index contributed by atoms with van der Waals surface area (Å²) >= 11 is 0. The van der Waals surface area contributed by atoms with E-state index < -0.39 is 0 Å². The van der Waals surface area contributed by atoms with Crippen LogP contribution in [0.2, 0.25) is 0 Å². The average molecular weight is 193 g/mol. The highest BCUT2D eigenvalue weighted by Gasteiger charge is 2.03. The molecule has 1 rings (SSSR count). The van der Waals surface area contributed by atoms with Crippen molar-refractivity contribution in [3.8, 4) is 0 Å². The molecule has 0 aliphatic heterocycles. The van der Waals surface area contributed by atoms with Gasteiger partial charge in [0.25, 0.3) is 0 Å². The van der Waals surface area contributed by atoms with Crippen molar-refractivity contribution >= 4 is 0 Å². The van der Waals surface area contributed by atoms with Gasteiger partial charge in [-0.2, -0.15) is 0 Å². The van der Waals surface area contributed by atoms with Crippen LogP contribution in [0.1, 0.15) is 18.9 Å². The van der Waals surface area contributed by atoms with Crippen LogP contribution in [0.5, 0.6) is 0 Å². The van der Waals surface area contributed by atoms with E-state index in [0.717, 1.165) is 12.0 Å². The molecule has 0 aliphatic carbocycles. The summed E-state index contributed by atoms with van der Waals surface area (Å²) in [7, 11) is 1.71. The van der Waals surface area contributed by atoms with Crippen molar-refractivity contribution < 1.29 is 9.47 Å². The average Bonchev–Trinajstić information content (AvgIpc) is 2.26. The van der Waals surface area contributed by atoms with Crippen LogP contribution in [0.15, 0.2) is 30.3 Å². The molecule has 2 nitrogen and oxygen atoms in total. The Balaban J connectivity index is 2.21. The minimum absolute atomic E-state index is 0.190. The number of benzene rings is 1. The van der Waals surface area contributed by atoms with Gasteiger partial charge in [0, 0.05) is 7.11 Å². The van der Waals surface area contributed by atoms with Crippen LogP contribution in [-0.2, 0) is 9.47 Å². The van der Waals surface area contributed by atoms with Crippen LogP contribution in [0.3, 0.4) is 0 Å². The number of rotatable bonds is 6. The van der Waals surface area contributed by atoms with E-state index in [-0.39, 0.29) is 6.10 Å². The molecule has 1 aromatic carbocycles. The SMILES string of the molecule is CCC(CO[CH]c1ccccc1)OC. The molecule has 1 atom stereocenters. The molecule has 0 fully saturated rings. The van der Waals surface area contributed by atoms with E-state index in [0.29, 0.717) is 6.61 Å². The van der Waals surface area contributed by atoms with Crippen LogP contribution in [0.4, 0.5) is 0 Å². The van der Waals surface area contributed by atoms with Crippen LogP contribution in [0, 0.1) is 6.61 Å². The monoisotopic (exact) mass is 193 g/mol. The summed E-state index contributed by atoms with van der Waals surface area (Å²) in [6, 6.07) is 9.98. The summed E-state index contributed by atoms with van der Waals surface area (Å²) in [6.45, 7) is 4.46. The molecule has 0 saturated carbocycles. The molecule has 0 aliphatic rings. The third-order valence-corrected chi connectivity index (χ3v) is 2.09. The largest absolute Gasteiger partial charge is 0.379 e. The Morgan fingerprint density at radius 3 is 2.57 bits per heavy atom. The molecular formula is C12H17O2. The van der Waals surface area contributed by atoms with Gasteiger partial charge in [0.05, 0.1) is 12.7 Å². The lowest BCUT2D eigenvalue weighted by Gasteiger charge is -2.12. The van der Waals surface area contributed by atoms with E-state index in [1.165, 1.54) is 0 Å². The molecule has 14 heavy (non-hydrogen) atoms. The minimum atomic E-state index is 0.190. The predicted octanol–water partition coefficient (Wildman–Crippen LogP) is 2.64.